The Morgan fingerprint density at radius 2 is 1.48 bits per heavy atom. The van der Waals surface area contributed by atoms with Gasteiger partial charge in [0.25, 0.3) is 0 Å². The zero-order chi connectivity index (χ0) is 17.1. The number of nitrogens with zero attached hydrogens (tertiary/aromatic N) is 1. The number of aromatic nitrogens is 1. The molecule has 25 heavy (non-hydrogen) atoms. The Labute approximate surface area is 148 Å². The van der Waals surface area contributed by atoms with E-state index in [1.807, 2.05) is 12.1 Å². The van der Waals surface area contributed by atoms with Gasteiger partial charge in [0.2, 0.25) is 5.69 Å². The van der Waals surface area contributed by atoms with Crippen LogP contribution in [-0.2, 0) is 6.54 Å². The van der Waals surface area contributed by atoms with E-state index in [0.717, 1.165) is 12.3 Å². The van der Waals surface area contributed by atoms with Gasteiger partial charge in [0.05, 0.1) is 12.5 Å². The van der Waals surface area contributed by atoms with Crippen LogP contribution in [0.4, 0.5) is 0 Å². The lowest BCUT2D eigenvalue weighted by Gasteiger charge is -2.09. The average molecular weight is 326 g/mol. The molecule has 0 radical (unpaired) electrons. The SMILES string of the molecule is COc1ccc(-c2c3ccccc3cc[n+]2Cc2ccccc2)cc1. The first-order valence-electron chi connectivity index (χ1n) is 8.45. The Morgan fingerprint density at radius 3 is 2.24 bits per heavy atom. The molecule has 1 aromatic heterocycles. The van der Waals surface area contributed by atoms with Crippen LogP contribution in [0.3, 0.4) is 0 Å². The quantitative estimate of drug-likeness (QED) is 0.489. The second-order valence-corrected chi connectivity index (χ2v) is 6.09. The van der Waals surface area contributed by atoms with E-state index in [1.54, 1.807) is 7.11 Å². The highest BCUT2D eigenvalue weighted by Gasteiger charge is 2.17. The van der Waals surface area contributed by atoms with Crippen molar-refractivity contribution in [1.82, 2.24) is 0 Å². The molecule has 0 aliphatic carbocycles. The van der Waals surface area contributed by atoms with Crippen molar-refractivity contribution in [2.45, 2.75) is 6.54 Å². The highest BCUT2D eigenvalue weighted by molar-refractivity contribution is 5.92. The van der Waals surface area contributed by atoms with Crippen molar-refractivity contribution < 1.29 is 9.30 Å². The van der Waals surface area contributed by atoms with Gasteiger partial charge in [-0.05, 0) is 35.7 Å². The molecule has 0 bridgehead atoms. The lowest BCUT2D eigenvalue weighted by Crippen LogP contribution is -2.36. The predicted molar refractivity (Wildman–Crippen MR) is 102 cm³/mol. The Morgan fingerprint density at radius 1 is 0.760 bits per heavy atom. The van der Waals surface area contributed by atoms with Crippen LogP contribution in [0, 0.1) is 0 Å². The first kappa shape index (κ1) is 15.4. The van der Waals surface area contributed by atoms with E-state index < -0.39 is 0 Å². The molecular formula is C23H20NO+. The van der Waals surface area contributed by atoms with Gasteiger partial charge in [0, 0.05) is 17.2 Å². The lowest BCUT2D eigenvalue weighted by molar-refractivity contribution is -0.676. The standard InChI is InChI=1S/C23H20NO/c1-25-21-13-11-20(12-14-21)23-22-10-6-5-9-19(22)15-16-24(23)17-18-7-3-2-4-8-18/h2-16H,17H2,1H3/q+1. The minimum atomic E-state index is 0.840. The largest absolute Gasteiger partial charge is 0.497 e. The summed E-state index contributed by atoms with van der Waals surface area (Å²) in [6.45, 7) is 0.840. The summed E-state index contributed by atoms with van der Waals surface area (Å²) in [6.07, 6.45) is 2.18. The van der Waals surface area contributed by atoms with Gasteiger partial charge >= 0.3 is 0 Å². The van der Waals surface area contributed by atoms with Crippen LogP contribution in [0.5, 0.6) is 5.75 Å². The molecule has 0 unspecified atom stereocenters. The zero-order valence-electron chi connectivity index (χ0n) is 14.2. The van der Waals surface area contributed by atoms with Crippen molar-refractivity contribution in [2.75, 3.05) is 7.11 Å². The Balaban J connectivity index is 1.89. The summed E-state index contributed by atoms with van der Waals surface area (Å²) in [5.74, 6) is 0.874. The first-order chi connectivity index (χ1) is 12.3. The molecule has 0 saturated heterocycles. The van der Waals surface area contributed by atoms with Gasteiger partial charge in [0.1, 0.15) is 5.75 Å². The molecule has 0 saturated carbocycles. The molecule has 2 heteroatoms. The van der Waals surface area contributed by atoms with Crippen molar-refractivity contribution >= 4 is 10.8 Å². The highest BCUT2D eigenvalue weighted by atomic mass is 16.5. The first-order valence-corrected chi connectivity index (χ1v) is 8.45. The molecular weight excluding hydrogens is 306 g/mol. The van der Waals surface area contributed by atoms with E-state index in [4.69, 9.17) is 4.74 Å². The van der Waals surface area contributed by atoms with E-state index in [0.29, 0.717) is 0 Å². The van der Waals surface area contributed by atoms with Gasteiger partial charge in [-0.25, -0.2) is 0 Å². The molecule has 3 aromatic carbocycles. The maximum atomic E-state index is 5.31. The van der Waals surface area contributed by atoms with Crippen LogP contribution in [-0.4, -0.2) is 7.11 Å². The Hall–Kier alpha value is -3.13. The summed E-state index contributed by atoms with van der Waals surface area (Å²) in [5, 5.41) is 2.50. The fourth-order valence-corrected chi connectivity index (χ4v) is 3.24. The van der Waals surface area contributed by atoms with Gasteiger partial charge in [-0.1, -0.05) is 48.5 Å². The molecule has 122 valence electrons. The van der Waals surface area contributed by atoms with Gasteiger partial charge in [-0.15, -0.1) is 0 Å². The number of hydrogen-bond acceptors (Lipinski definition) is 1. The zero-order valence-corrected chi connectivity index (χ0v) is 14.2. The second-order valence-electron chi connectivity index (χ2n) is 6.09. The van der Waals surface area contributed by atoms with Crippen LogP contribution >= 0.6 is 0 Å². The summed E-state index contributed by atoms with van der Waals surface area (Å²) in [6, 6.07) is 29.6. The third-order valence-corrected chi connectivity index (χ3v) is 4.50. The molecule has 0 atom stereocenters. The van der Waals surface area contributed by atoms with E-state index in [2.05, 4.69) is 83.6 Å². The van der Waals surface area contributed by atoms with Crippen LogP contribution in [0.15, 0.2) is 91.1 Å². The molecule has 2 nitrogen and oxygen atoms in total. The number of benzene rings is 3. The summed E-state index contributed by atoms with van der Waals surface area (Å²) < 4.78 is 7.63. The average Bonchev–Trinajstić information content (AvgIpc) is 2.69. The van der Waals surface area contributed by atoms with Crippen LogP contribution in [0.1, 0.15) is 5.56 Å². The fourth-order valence-electron chi connectivity index (χ4n) is 3.24. The highest BCUT2D eigenvalue weighted by Crippen LogP contribution is 2.27. The number of hydrogen-bond donors (Lipinski definition) is 0. The number of pyridine rings is 1. The van der Waals surface area contributed by atoms with Gasteiger partial charge in [0.15, 0.2) is 12.7 Å². The molecule has 0 aliphatic heterocycles. The molecule has 0 fully saturated rings. The topological polar surface area (TPSA) is 13.1 Å². The Kier molecular flexibility index (Phi) is 4.17. The van der Waals surface area contributed by atoms with Crippen molar-refractivity contribution in [1.29, 1.82) is 0 Å². The fraction of sp³-hybridized carbons (Fsp3) is 0.0870. The van der Waals surface area contributed by atoms with E-state index >= 15 is 0 Å². The van der Waals surface area contributed by atoms with E-state index in [-0.39, 0.29) is 0 Å². The van der Waals surface area contributed by atoms with Crippen LogP contribution < -0.4 is 9.30 Å². The lowest BCUT2D eigenvalue weighted by atomic mass is 10.0. The van der Waals surface area contributed by atoms with Gasteiger partial charge < -0.3 is 4.74 Å². The van der Waals surface area contributed by atoms with Gasteiger partial charge in [-0.3, -0.25) is 0 Å². The third-order valence-electron chi connectivity index (χ3n) is 4.50. The monoisotopic (exact) mass is 326 g/mol. The van der Waals surface area contributed by atoms with Crippen molar-refractivity contribution in [2.24, 2.45) is 0 Å². The third kappa shape index (κ3) is 3.11. The normalized spacial score (nSPS) is 10.8. The number of rotatable bonds is 4. The summed E-state index contributed by atoms with van der Waals surface area (Å²) in [5.41, 5.74) is 3.70. The Bertz CT molecular complexity index is 991. The molecule has 0 N–H and O–H groups in total. The number of fused-ring (bicyclic) bond motifs is 1. The summed E-state index contributed by atoms with van der Waals surface area (Å²) >= 11 is 0. The molecule has 4 aromatic rings. The summed E-state index contributed by atoms with van der Waals surface area (Å²) in [4.78, 5) is 0. The predicted octanol–water partition coefficient (Wildman–Crippen LogP) is 4.85. The van der Waals surface area contributed by atoms with Crippen molar-refractivity contribution in [3.63, 3.8) is 0 Å². The van der Waals surface area contributed by atoms with Crippen LogP contribution in [0.2, 0.25) is 0 Å². The maximum Gasteiger partial charge on any atom is 0.220 e. The molecule has 0 aliphatic rings. The maximum absolute atomic E-state index is 5.31. The molecule has 4 rings (SSSR count). The van der Waals surface area contributed by atoms with Gasteiger partial charge in [-0.2, -0.15) is 4.57 Å². The minimum Gasteiger partial charge on any atom is -0.497 e. The number of ether oxygens (including phenoxy) is 1. The van der Waals surface area contributed by atoms with E-state index in [9.17, 15) is 0 Å². The number of methoxy groups -OCH3 is 1. The molecule has 0 spiro atoms. The van der Waals surface area contributed by atoms with Crippen molar-refractivity contribution in [3.8, 4) is 17.0 Å². The van der Waals surface area contributed by atoms with E-state index in [1.165, 1.54) is 27.6 Å². The van der Waals surface area contributed by atoms with Crippen molar-refractivity contribution in [3.05, 3.63) is 96.7 Å². The summed E-state index contributed by atoms with van der Waals surface area (Å²) in [7, 11) is 1.70. The smallest absolute Gasteiger partial charge is 0.220 e. The van der Waals surface area contributed by atoms with Crippen LogP contribution in [0.25, 0.3) is 22.0 Å². The molecule has 1 heterocycles. The second kappa shape index (κ2) is 6.78. The minimum absolute atomic E-state index is 0.840. The molecule has 0 amide bonds.